The largest absolute Gasteiger partial charge is 0.497 e. The fourth-order valence-corrected chi connectivity index (χ4v) is 2.08. The van der Waals surface area contributed by atoms with Crippen LogP contribution < -0.4 is 15.2 Å². The molecule has 0 bridgehead atoms. The van der Waals surface area contributed by atoms with Crippen LogP contribution in [0.25, 0.3) is 0 Å². The van der Waals surface area contributed by atoms with Crippen LogP contribution in [0.15, 0.2) is 48.5 Å². The van der Waals surface area contributed by atoms with Crippen molar-refractivity contribution in [3.8, 4) is 11.5 Å². The quantitative estimate of drug-likeness (QED) is 0.842. The molecule has 0 aliphatic carbocycles. The number of rotatable bonds is 7. The zero-order chi connectivity index (χ0) is 14.2. The second kappa shape index (κ2) is 7.56. The van der Waals surface area contributed by atoms with Crippen LogP contribution in [-0.2, 0) is 12.8 Å². The number of methoxy groups -OCH3 is 1. The number of hydrogen-bond acceptors (Lipinski definition) is 3. The van der Waals surface area contributed by atoms with Gasteiger partial charge in [0.15, 0.2) is 0 Å². The third-order valence-electron chi connectivity index (χ3n) is 3.19. The summed E-state index contributed by atoms with van der Waals surface area (Å²) in [6.07, 6.45) is 1.72. The summed E-state index contributed by atoms with van der Waals surface area (Å²) in [5.41, 5.74) is 8.02. The van der Waals surface area contributed by atoms with Gasteiger partial charge in [-0.1, -0.05) is 30.3 Å². The smallest absolute Gasteiger partial charge is 0.122 e. The topological polar surface area (TPSA) is 44.5 Å². The van der Waals surface area contributed by atoms with Gasteiger partial charge in [-0.05, 0) is 42.3 Å². The van der Waals surface area contributed by atoms with Gasteiger partial charge in [0.05, 0.1) is 13.7 Å². The molecule has 0 fully saturated rings. The first-order chi connectivity index (χ1) is 9.83. The van der Waals surface area contributed by atoms with E-state index in [4.69, 9.17) is 15.2 Å². The second-order valence-electron chi connectivity index (χ2n) is 4.59. The molecule has 2 N–H and O–H groups in total. The minimum Gasteiger partial charge on any atom is -0.497 e. The van der Waals surface area contributed by atoms with Crippen LogP contribution in [0.4, 0.5) is 0 Å². The molecule has 2 aromatic carbocycles. The first kappa shape index (κ1) is 14.4. The molecule has 3 nitrogen and oxygen atoms in total. The van der Waals surface area contributed by atoms with Crippen molar-refractivity contribution in [2.24, 2.45) is 5.73 Å². The Kier molecular flexibility index (Phi) is 5.44. The van der Waals surface area contributed by atoms with Gasteiger partial charge in [0.1, 0.15) is 11.5 Å². The Balaban J connectivity index is 1.89. The van der Waals surface area contributed by atoms with Crippen molar-refractivity contribution in [1.82, 2.24) is 0 Å². The number of ether oxygens (including phenoxy) is 2. The lowest BCUT2D eigenvalue weighted by atomic mass is 10.1. The highest BCUT2D eigenvalue weighted by atomic mass is 16.5. The van der Waals surface area contributed by atoms with E-state index in [0.29, 0.717) is 13.2 Å². The summed E-state index contributed by atoms with van der Waals surface area (Å²) < 4.78 is 11.0. The van der Waals surface area contributed by atoms with Crippen molar-refractivity contribution in [2.45, 2.75) is 12.8 Å². The van der Waals surface area contributed by atoms with Crippen molar-refractivity contribution in [1.29, 1.82) is 0 Å². The van der Waals surface area contributed by atoms with E-state index < -0.39 is 0 Å². The Bertz CT molecular complexity index is 523. The molecule has 2 rings (SSSR count). The standard InChI is InChI=1S/C17H21NO2/c1-19-16-8-6-14(7-9-16)11-13-20-17-5-3-2-4-15(17)10-12-18/h2-9H,10-13,18H2,1H3. The Hall–Kier alpha value is -2.00. The zero-order valence-electron chi connectivity index (χ0n) is 11.8. The maximum Gasteiger partial charge on any atom is 0.122 e. The normalized spacial score (nSPS) is 10.3. The molecule has 106 valence electrons. The number of benzene rings is 2. The SMILES string of the molecule is COc1ccc(CCOc2ccccc2CCN)cc1. The van der Waals surface area contributed by atoms with E-state index in [-0.39, 0.29) is 0 Å². The van der Waals surface area contributed by atoms with E-state index in [0.717, 1.165) is 24.3 Å². The molecule has 0 atom stereocenters. The zero-order valence-corrected chi connectivity index (χ0v) is 11.8. The first-order valence-corrected chi connectivity index (χ1v) is 6.87. The molecule has 0 aliphatic heterocycles. The molecule has 0 aromatic heterocycles. The minimum absolute atomic E-state index is 0.638. The third-order valence-corrected chi connectivity index (χ3v) is 3.19. The van der Waals surface area contributed by atoms with Gasteiger partial charge < -0.3 is 15.2 Å². The van der Waals surface area contributed by atoms with Gasteiger partial charge in [0, 0.05) is 6.42 Å². The highest BCUT2D eigenvalue weighted by molar-refractivity contribution is 5.33. The van der Waals surface area contributed by atoms with Crippen molar-refractivity contribution < 1.29 is 9.47 Å². The number of nitrogens with two attached hydrogens (primary N) is 1. The molecule has 0 aliphatic rings. The molecule has 0 saturated carbocycles. The minimum atomic E-state index is 0.638. The van der Waals surface area contributed by atoms with E-state index in [1.807, 2.05) is 30.3 Å². The fourth-order valence-electron chi connectivity index (χ4n) is 2.08. The lowest BCUT2D eigenvalue weighted by Crippen LogP contribution is -2.07. The van der Waals surface area contributed by atoms with Crippen LogP contribution in [0.3, 0.4) is 0 Å². The lowest BCUT2D eigenvalue weighted by molar-refractivity contribution is 0.318. The highest BCUT2D eigenvalue weighted by Crippen LogP contribution is 2.18. The second-order valence-corrected chi connectivity index (χ2v) is 4.59. The van der Waals surface area contributed by atoms with Crippen LogP contribution in [0.2, 0.25) is 0 Å². The van der Waals surface area contributed by atoms with Crippen molar-refractivity contribution >= 4 is 0 Å². The van der Waals surface area contributed by atoms with Gasteiger partial charge in [0.25, 0.3) is 0 Å². The van der Waals surface area contributed by atoms with Gasteiger partial charge in [0.2, 0.25) is 0 Å². The Morgan fingerprint density at radius 2 is 1.70 bits per heavy atom. The average Bonchev–Trinajstić information content (AvgIpc) is 2.50. The van der Waals surface area contributed by atoms with Gasteiger partial charge in [-0.3, -0.25) is 0 Å². The molecule has 0 heterocycles. The Labute approximate surface area is 120 Å². The molecule has 0 saturated heterocycles. The summed E-state index contributed by atoms with van der Waals surface area (Å²) in [5, 5.41) is 0. The van der Waals surface area contributed by atoms with Crippen LogP contribution in [0, 0.1) is 0 Å². The van der Waals surface area contributed by atoms with Crippen LogP contribution in [0.1, 0.15) is 11.1 Å². The maximum atomic E-state index is 5.86. The van der Waals surface area contributed by atoms with E-state index in [1.165, 1.54) is 11.1 Å². The van der Waals surface area contributed by atoms with Crippen LogP contribution >= 0.6 is 0 Å². The molecule has 0 amide bonds. The molecule has 0 unspecified atom stereocenters. The van der Waals surface area contributed by atoms with Crippen molar-refractivity contribution in [3.05, 3.63) is 59.7 Å². The van der Waals surface area contributed by atoms with Gasteiger partial charge >= 0.3 is 0 Å². The molecular weight excluding hydrogens is 250 g/mol. The molecule has 20 heavy (non-hydrogen) atoms. The van der Waals surface area contributed by atoms with Gasteiger partial charge in [-0.2, -0.15) is 0 Å². The first-order valence-electron chi connectivity index (χ1n) is 6.87. The number of para-hydroxylation sites is 1. The monoisotopic (exact) mass is 271 g/mol. The van der Waals surface area contributed by atoms with Crippen molar-refractivity contribution in [3.63, 3.8) is 0 Å². The highest BCUT2D eigenvalue weighted by Gasteiger charge is 2.02. The summed E-state index contributed by atoms with van der Waals surface area (Å²) in [5.74, 6) is 1.81. The molecule has 0 radical (unpaired) electrons. The van der Waals surface area contributed by atoms with E-state index in [1.54, 1.807) is 7.11 Å². The molecular formula is C17H21NO2. The van der Waals surface area contributed by atoms with Gasteiger partial charge in [-0.25, -0.2) is 0 Å². The van der Waals surface area contributed by atoms with Crippen molar-refractivity contribution in [2.75, 3.05) is 20.3 Å². The summed E-state index contributed by atoms with van der Waals surface area (Å²) in [6.45, 7) is 1.30. The third kappa shape index (κ3) is 4.00. The van der Waals surface area contributed by atoms with Crippen LogP contribution in [0.5, 0.6) is 11.5 Å². The van der Waals surface area contributed by atoms with Gasteiger partial charge in [-0.15, -0.1) is 0 Å². The molecule has 0 spiro atoms. The fraction of sp³-hybridized carbons (Fsp3) is 0.294. The Morgan fingerprint density at radius 1 is 0.950 bits per heavy atom. The predicted molar refractivity (Wildman–Crippen MR) is 81.4 cm³/mol. The van der Waals surface area contributed by atoms with Crippen LogP contribution in [-0.4, -0.2) is 20.3 Å². The summed E-state index contributed by atoms with van der Waals surface area (Å²) >= 11 is 0. The summed E-state index contributed by atoms with van der Waals surface area (Å²) in [6, 6.07) is 16.1. The van der Waals surface area contributed by atoms with E-state index in [2.05, 4.69) is 18.2 Å². The van der Waals surface area contributed by atoms with E-state index in [9.17, 15) is 0 Å². The van der Waals surface area contributed by atoms with E-state index >= 15 is 0 Å². The predicted octanol–water partition coefficient (Wildman–Crippen LogP) is 2.82. The lowest BCUT2D eigenvalue weighted by Gasteiger charge is -2.11. The summed E-state index contributed by atoms with van der Waals surface area (Å²) in [7, 11) is 1.67. The average molecular weight is 271 g/mol. The Morgan fingerprint density at radius 3 is 2.40 bits per heavy atom. The maximum absolute atomic E-state index is 5.86. The molecule has 2 aromatic rings. The molecule has 3 heteroatoms. The number of hydrogen-bond donors (Lipinski definition) is 1. The summed E-state index contributed by atoms with van der Waals surface area (Å²) in [4.78, 5) is 0.